The molecule has 0 fully saturated rings. The Morgan fingerprint density at radius 3 is 2.16 bits per heavy atom. The summed E-state index contributed by atoms with van der Waals surface area (Å²) in [6.45, 7) is 6.62. The molecule has 2 atom stereocenters. The summed E-state index contributed by atoms with van der Waals surface area (Å²) >= 11 is 2.34. The Balaban J connectivity index is 2.08. The summed E-state index contributed by atoms with van der Waals surface area (Å²) in [4.78, 5) is 0. The quantitative estimate of drug-likeness (QED) is 0.751. The third-order valence-electron chi connectivity index (χ3n) is 3.52. The van der Waals surface area contributed by atoms with E-state index in [0.717, 1.165) is 0 Å². The third kappa shape index (κ3) is 3.80. The monoisotopic (exact) mass is 365 g/mol. The normalized spacial score (nSPS) is 14.1. The van der Waals surface area contributed by atoms with Gasteiger partial charge in [-0.1, -0.05) is 36.4 Å². The van der Waals surface area contributed by atoms with E-state index in [1.807, 2.05) is 0 Å². The Hall–Kier alpha value is -0.870. The van der Waals surface area contributed by atoms with Crippen molar-refractivity contribution in [3.63, 3.8) is 0 Å². The molecule has 2 aromatic carbocycles. The molecule has 0 radical (unpaired) electrons. The van der Waals surface area contributed by atoms with E-state index in [0.29, 0.717) is 12.1 Å². The van der Waals surface area contributed by atoms with Crippen LogP contribution in [0.2, 0.25) is 0 Å². The van der Waals surface area contributed by atoms with Crippen LogP contribution in [0.3, 0.4) is 0 Å². The highest BCUT2D eigenvalue weighted by molar-refractivity contribution is 14.1. The lowest BCUT2D eigenvalue weighted by Crippen LogP contribution is -2.23. The second-order valence-corrected chi connectivity index (χ2v) is 6.26. The van der Waals surface area contributed by atoms with Gasteiger partial charge in [-0.05, 0) is 72.2 Å². The maximum atomic E-state index is 3.67. The van der Waals surface area contributed by atoms with Crippen LogP contribution in [-0.2, 0) is 0 Å². The molecule has 100 valence electrons. The van der Waals surface area contributed by atoms with Gasteiger partial charge in [0.1, 0.15) is 0 Å². The SMILES string of the molecule is Cc1ccccc1[C@@H](C)NC(C)c1ccc(I)cc1. The van der Waals surface area contributed by atoms with Crippen molar-refractivity contribution < 1.29 is 0 Å². The standard InChI is InChI=1S/C17H20IN/c1-12-6-4-5-7-17(12)14(3)19-13(2)15-8-10-16(18)11-9-15/h4-11,13-14,19H,1-3H3/t13?,14-/m1/s1. The van der Waals surface area contributed by atoms with E-state index >= 15 is 0 Å². The summed E-state index contributed by atoms with van der Waals surface area (Å²) in [5, 5.41) is 3.67. The molecular weight excluding hydrogens is 345 g/mol. The van der Waals surface area contributed by atoms with Crippen molar-refractivity contribution in [3.05, 3.63) is 68.8 Å². The van der Waals surface area contributed by atoms with Crippen LogP contribution in [-0.4, -0.2) is 0 Å². The highest BCUT2D eigenvalue weighted by atomic mass is 127. The van der Waals surface area contributed by atoms with Crippen LogP contribution in [0, 0.1) is 10.5 Å². The molecule has 2 rings (SSSR count). The molecule has 1 unspecified atom stereocenters. The lowest BCUT2D eigenvalue weighted by molar-refractivity contribution is 0.493. The Kier molecular flexibility index (Phi) is 4.99. The van der Waals surface area contributed by atoms with Gasteiger partial charge in [0.05, 0.1) is 0 Å². The van der Waals surface area contributed by atoms with Crippen molar-refractivity contribution in [2.45, 2.75) is 32.9 Å². The lowest BCUT2D eigenvalue weighted by Gasteiger charge is -2.22. The van der Waals surface area contributed by atoms with Gasteiger partial charge in [-0.15, -0.1) is 0 Å². The predicted molar refractivity (Wildman–Crippen MR) is 90.3 cm³/mol. The van der Waals surface area contributed by atoms with E-state index in [9.17, 15) is 0 Å². The van der Waals surface area contributed by atoms with Crippen LogP contribution in [0.4, 0.5) is 0 Å². The average molecular weight is 365 g/mol. The molecule has 0 aliphatic rings. The first kappa shape index (κ1) is 14.5. The first-order valence-electron chi connectivity index (χ1n) is 6.65. The van der Waals surface area contributed by atoms with E-state index in [4.69, 9.17) is 0 Å². The number of benzene rings is 2. The number of hydrogen-bond acceptors (Lipinski definition) is 1. The second kappa shape index (κ2) is 6.53. The van der Waals surface area contributed by atoms with Gasteiger partial charge in [0, 0.05) is 15.7 Å². The van der Waals surface area contributed by atoms with Crippen LogP contribution in [0.15, 0.2) is 48.5 Å². The van der Waals surface area contributed by atoms with Crippen molar-refractivity contribution >= 4 is 22.6 Å². The summed E-state index contributed by atoms with van der Waals surface area (Å²) in [6.07, 6.45) is 0. The van der Waals surface area contributed by atoms with Gasteiger partial charge in [-0.3, -0.25) is 0 Å². The third-order valence-corrected chi connectivity index (χ3v) is 4.24. The zero-order chi connectivity index (χ0) is 13.8. The van der Waals surface area contributed by atoms with Gasteiger partial charge in [0.25, 0.3) is 0 Å². The first-order valence-corrected chi connectivity index (χ1v) is 7.73. The molecule has 0 heterocycles. The lowest BCUT2D eigenvalue weighted by atomic mass is 10.0. The predicted octanol–water partition coefficient (Wildman–Crippen LogP) is 5.01. The van der Waals surface area contributed by atoms with Crippen molar-refractivity contribution in [1.29, 1.82) is 0 Å². The van der Waals surface area contributed by atoms with Crippen molar-refractivity contribution in [2.75, 3.05) is 0 Å². The number of aryl methyl sites for hydroxylation is 1. The fraction of sp³-hybridized carbons (Fsp3) is 0.294. The van der Waals surface area contributed by atoms with Gasteiger partial charge in [0.2, 0.25) is 0 Å². The number of rotatable bonds is 4. The summed E-state index contributed by atoms with van der Waals surface area (Å²) < 4.78 is 1.28. The van der Waals surface area contributed by atoms with E-state index in [1.165, 1.54) is 20.3 Å². The van der Waals surface area contributed by atoms with E-state index < -0.39 is 0 Å². The molecule has 0 amide bonds. The summed E-state index contributed by atoms with van der Waals surface area (Å²) in [6, 6.07) is 18.0. The van der Waals surface area contributed by atoms with Gasteiger partial charge >= 0.3 is 0 Å². The maximum Gasteiger partial charge on any atom is 0.0300 e. The molecule has 19 heavy (non-hydrogen) atoms. The van der Waals surface area contributed by atoms with Crippen molar-refractivity contribution in [2.24, 2.45) is 0 Å². The molecule has 0 aromatic heterocycles. The minimum absolute atomic E-state index is 0.353. The number of halogens is 1. The van der Waals surface area contributed by atoms with Crippen molar-refractivity contribution in [1.82, 2.24) is 5.32 Å². The summed E-state index contributed by atoms with van der Waals surface area (Å²) in [5.74, 6) is 0. The van der Waals surface area contributed by atoms with E-state index in [-0.39, 0.29) is 0 Å². The highest BCUT2D eigenvalue weighted by Crippen LogP contribution is 2.22. The van der Waals surface area contributed by atoms with Gasteiger partial charge in [-0.2, -0.15) is 0 Å². The molecule has 0 saturated carbocycles. The second-order valence-electron chi connectivity index (χ2n) is 5.02. The Bertz CT molecular complexity index is 533. The molecule has 2 aromatic rings. The van der Waals surface area contributed by atoms with Crippen LogP contribution >= 0.6 is 22.6 Å². The fourth-order valence-electron chi connectivity index (χ4n) is 2.39. The average Bonchev–Trinajstić information content (AvgIpc) is 2.39. The van der Waals surface area contributed by atoms with E-state index in [1.54, 1.807) is 0 Å². The van der Waals surface area contributed by atoms with Crippen LogP contribution in [0.1, 0.15) is 42.6 Å². The van der Waals surface area contributed by atoms with Crippen LogP contribution < -0.4 is 5.32 Å². The molecular formula is C17H20IN. The zero-order valence-electron chi connectivity index (χ0n) is 11.7. The molecule has 0 spiro atoms. The number of hydrogen-bond donors (Lipinski definition) is 1. The smallest absolute Gasteiger partial charge is 0.0300 e. The fourth-order valence-corrected chi connectivity index (χ4v) is 2.74. The maximum absolute atomic E-state index is 3.67. The molecule has 0 aliphatic heterocycles. The van der Waals surface area contributed by atoms with Crippen LogP contribution in [0.5, 0.6) is 0 Å². The van der Waals surface area contributed by atoms with Gasteiger partial charge < -0.3 is 5.32 Å². The van der Waals surface area contributed by atoms with Crippen LogP contribution in [0.25, 0.3) is 0 Å². The summed E-state index contributed by atoms with van der Waals surface area (Å²) in [7, 11) is 0. The zero-order valence-corrected chi connectivity index (χ0v) is 13.8. The first-order chi connectivity index (χ1) is 9.08. The highest BCUT2D eigenvalue weighted by Gasteiger charge is 2.12. The molecule has 1 nitrogen and oxygen atoms in total. The molecule has 0 aliphatic carbocycles. The Morgan fingerprint density at radius 2 is 1.53 bits per heavy atom. The Labute approximate surface area is 129 Å². The summed E-state index contributed by atoms with van der Waals surface area (Å²) in [5.41, 5.74) is 4.05. The minimum Gasteiger partial charge on any atom is -0.304 e. The van der Waals surface area contributed by atoms with E-state index in [2.05, 4.69) is 97.2 Å². The molecule has 0 saturated heterocycles. The molecule has 1 N–H and O–H groups in total. The number of nitrogens with one attached hydrogen (secondary N) is 1. The molecule has 2 heteroatoms. The topological polar surface area (TPSA) is 12.0 Å². The van der Waals surface area contributed by atoms with Gasteiger partial charge in [-0.25, -0.2) is 0 Å². The minimum atomic E-state index is 0.353. The van der Waals surface area contributed by atoms with Gasteiger partial charge in [0.15, 0.2) is 0 Å². The Morgan fingerprint density at radius 1 is 0.895 bits per heavy atom. The molecule has 0 bridgehead atoms. The van der Waals surface area contributed by atoms with Crippen molar-refractivity contribution in [3.8, 4) is 0 Å². The largest absolute Gasteiger partial charge is 0.304 e.